The maximum absolute atomic E-state index is 10.1. The molecule has 2 aromatic carbocycles. The van der Waals surface area contributed by atoms with Gasteiger partial charge in [-0.1, -0.05) is 121 Å². The van der Waals surface area contributed by atoms with Gasteiger partial charge in [-0.2, -0.15) is 5.26 Å². The number of nitrogens with zero attached hydrogens (tertiary/aromatic N) is 2. The van der Waals surface area contributed by atoms with Crippen molar-refractivity contribution in [1.82, 2.24) is 5.16 Å². The molecular formula is C30H40N2OS. The lowest BCUT2D eigenvalue weighted by Crippen LogP contribution is -2.14. The number of nitriles is 1. The van der Waals surface area contributed by atoms with Crippen LogP contribution in [0.25, 0.3) is 5.57 Å². The van der Waals surface area contributed by atoms with E-state index in [1.165, 1.54) is 0 Å². The smallest absolute Gasteiger partial charge is 0.150 e. The number of aromatic nitrogens is 1. The molecule has 2 atom stereocenters. The van der Waals surface area contributed by atoms with E-state index in [1.54, 1.807) is 11.8 Å². The standard InChI is InChI=1S/C26H28N2OS.2C2H6/c1-18(23-24(26(2,3)4)29-28-25(23)30-5)16-21(19-12-8-6-9-13-19)22(17-27)20-14-10-7-11-15-20;2*1-2/h6-15,21-22H,1,16H2,2-5H3;2*1-2H3. The zero-order valence-electron chi connectivity index (χ0n) is 22.1. The minimum Gasteiger partial charge on any atom is -0.359 e. The van der Waals surface area contributed by atoms with Gasteiger partial charge in [-0.25, -0.2) is 0 Å². The molecule has 3 aromatic rings. The summed E-state index contributed by atoms with van der Waals surface area (Å²) in [6.07, 6.45) is 2.65. The van der Waals surface area contributed by atoms with E-state index in [-0.39, 0.29) is 17.3 Å². The zero-order valence-corrected chi connectivity index (χ0v) is 22.9. The lowest BCUT2D eigenvalue weighted by Gasteiger charge is -2.25. The average molecular weight is 477 g/mol. The molecule has 0 aliphatic carbocycles. The Bertz CT molecular complexity index is 1030. The Balaban J connectivity index is 0.00000137. The molecule has 0 radical (unpaired) electrons. The third kappa shape index (κ3) is 7.37. The Hall–Kier alpha value is -2.77. The van der Waals surface area contributed by atoms with Crippen molar-refractivity contribution in [2.45, 2.75) is 77.2 Å². The van der Waals surface area contributed by atoms with Crippen molar-refractivity contribution in [3.8, 4) is 6.07 Å². The van der Waals surface area contributed by atoms with Crippen LogP contribution in [-0.4, -0.2) is 11.4 Å². The monoisotopic (exact) mass is 476 g/mol. The van der Waals surface area contributed by atoms with Gasteiger partial charge in [0.1, 0.15) is 5.03 Å². The second kappa shape index (κ2) is 14.5. The molecule has 34 heavy (non-hydrogen) atoms. The van der Waals surface area contributed by atoms with Crippen LogP contribution in [-0.2, 0) is 5.41 Å². The minimum absolute atomic E-state index is 0.0245. The largest absolute Gasteiger partial charge is 0.359 e. The minimum atomic E-state index is -0.277. The van der Waals surface area contributed by atoms with Crippen LogP contribution in [0.3, 0.4) is 0 Å². The molecule has 0 saturated carbocycles. The SMILES string of the molecule is C=C(CC(c1ccccc1)C(C#N)c1ccccc1)c1c(SC)noc1C(C)(C)C.CC.CC. The molecule has 3 nitrogen and oxygen atoms in total. The number of hydrogen-bond acceptors (Lipinski definition) is 4. The lowest BCUT2D eigenvalue weighted by molar-refractivity contribution is 0.321. The third-order valence-electron chi connectivity index (χ3n) is 5.28. The van der Waals surface area contributed by atoms with E-state index >= 15 is 0 Å². The predicted octanol–water partition coefficient (Wildman–Crippen LogP) is 9.24. The second-order valence-electron chi connectivity index (χ2n) is 8.49. The van der Waals surface area contributed by atoms with Gasteiger partial charge in [-0.15, -0.1) is 11.8 Å². The highest BCUT2D eigenvalue weighted by Crippen LogP contribution is 2.43. The Morgan fingerprint density at radius 3 is 1.91 bits per heavy atom. The van der Waals surface area contributed by atoms with Crippen molar-refractivity contribution in [2.24, 2.45) is 0 Å². The zero-order chi connectivity index (χ0) is 25.7. The van der Waals surface area contributed by atoms with E-state index in [1.807, 2.05) is 82.5 Å². The first-order valence-electron chi connectivity index (χ1n) is 12.1. The van der Waals surface area contributed by atoms with Crippen molar-refractivity contribution in [1.29, 1.82) is 5.26 Å². The van der Waals surface area contributed by atoms with Gasteiger partial charge in [0.2, 0.25) is 0 Å². The van der Waals surface area contributed by atoms with E-state index in [9.17, 15) is 5.26 Å². The van der Waals surface area contributed by atoms with Gasteiger partial charge in [0.05, 0.1) is 17.6 Å². The Kier molecular flexibility index (Phi) is 12.5. The van der Waals surface area contributed by atoms with E-state index in [0.29, 0.717) is 6.42 Å². The van der Waals surface area contributed by atoms with Crippen LogP contribution in [0.15, 0.2) is 76.8 Å². The first-order valence-corrected chi connectivity index (χ1v) is 13.3. The van der Waals surface area contributed by atoms with Crippen molar-refractivity contribution >= 4 is 17.3 Å². The Morgan fingerprint density at radius 2 is 1.47 bits per heavy atom. The molecule has 0 fully saturated rings. The molecule has 0 spiro atoms. The Labute approximate surface area is 211 Å². The fourth-order valence-corrected chi connectivity index (χ4v) is 4.34. The first-order chi connectivity index (χ1) is 16.4. The van der Waals surface area contributed by atoms with Gasteiger partial charge in [0.15, 0.2) is 5.76 Å². The molecule has 0 N–H and O–H groups in total. The highest BCUT2D eigenvalue weighted by molar-refractivity contribution is 7.98. The van der Waals surface area contributed by atoms with Crippen LogP contribution >= 0.6 is 11.8 Å². The summed E-state index contributed by atoms with van der Waals surface area (Å²) in [6.45, 7) is 18.8. The van der Waals surface area contributed by atoms with Crippen LogP contribution in [0.1, 0.15) is 89.2 Å². The van der Waals surface area contributed by atoms with Gasteiger partial charge in [0.25, 0.3) is 0 Å². The number of benzene rings is 2. The van der Waals surface area contributed by atoms with Crippen molar-refractivity contribution in [3.63, 3.8) is 0 Å². The van der Waals surface area contributed by atoms with Crippen LogP contribution in [0.2, 0.25) is 0 Å². The number of hydrogen-bond donors (Lipinski definition) is 0. The van der Waals surface area contributed by atoms with E-state index < -0.39 is 0 Å². The van der Waals surface area contributed by atoms with Gasteiger partial charge in [0, 0.05) is 11.3 Å². The highest BCUT2D eigenvalue weighted by Gasteiger charge is 2.31. The maximum Gasteiger partial charge on any atom is 0.150 e. The van der Waals surface area contributed by atoms with Crippen LogP contribution in [0, 0.1) is 11.3 Å². The van der Waals surface area contributed by atoms with E-state index in [0.717, 1.165) is 33.0 Å². The van der Waals surface area contributed by atoms with Crippen molar-refractivity contribution < 1.29 is 4.52 Å². The molecule has 0 amide bonds. The van der Waals surface area contributed by atoms with Crippen LogP contribution in [0.4, 0.5) is 0 Å². The Morgan fingerprint density at radius 1 is 0.971 bits per heavy atom. The first kappa shape index (κ1) is 29.3. The summed E-state index contributed by atoms with van der Waals surface area (Å²) in [5.41, 5.74) is 3.91. The molecule has 0 saturated heterocycles. The highest BCUT2D eigenvalue weighted by atomic mass is 32.2. The topological polar surface area (TPSA) is 49.8 Å². The molecule has 0 bridgehead atoms. The van der Waals surface area contributed by atoms with Gasteiger partial charge < -0.3 is 4.52 Å². The summed E-state index contributed by atoms with van der Waals surface area (Å²) in [7, 11) is 0. The molecular weight excluding hydrogens is 436 g/mol. The summed E-state index contributed by atoms with van der Waals surface area (Å²) in [5, 5.41) is 15.3. The average Bonchev–Trinajstić information content (AvgIpc) is 3.33. The fourth-order valence-electron chi connectivity index (χ4n) is 3.79. The van der Waals surface area contributed by atoms with Crippen LogP contribution in [0.5, 0.6) is 0 Å². The molecule has 1 heterocycles. The molecule has 182 valence electrons. The summed E-state index contributed by atoms with van der Waals surface area (Å²) in [4.78, 5) is 0. The summed E-state index contributed by atoms with van der Waals surface area (Å²) in [6, 6.07) is 22.8. The predicted molar refractivity (Wildman–Crippen MR) is 147 cm³/mol. The van der Waals surface area contributed by atoms with Gasteiger partial charge in [-0.05, 0) is 29.4 Å². The molecule has 0 aliphatic rings. The quantitative estimate of drug-likeness (QED) is 0.319. The van der Waals surface area contributed by atoms with E-state index in [4.69, 9.17) is 4.52 Å². The normalized spacial score (nSPS) is 12.2. The van der Waals surface area contributed by atoms with Gasteiger partial charge >= 0.3 is 0 Å². The fraction of sp³-hybridized carbons (Fsp3) is 0.400. The lowest BCUT2D eigenvalue weighted by atomic mass is 9.77. The number of allylic oxidation sites excluding steroid dienone is 1. The molecule has 4 heteroatoms. The van der Waals surface area contributed by atoms with Gasteiger partial charge in [-0.3, -0.25) is 0 Å². The van der Waals surface area contributed by atoms with Crippen molar-refractivity contribution in [2.75, 3.05) is 6.26 Å². The van der Waals surface area contributed by atoms with Crippen LogP contribution < -0.4 is 0 Å². The second-order valence-corrected chi connectivity index (χ2v) is 9.28. The summed E-state index contributed by atoms with van der Waals surface area (Å²) < 4.78 is 5.73. The molecule has 1 aromatic heterocycles. The molecule has 3 rings (SSSR count). The van der Waals surface area contributed by atoms with Crippen molar-refractivity contribution in [3.05, 3.63) is 89.7 Å². The van der Waals surface area contributed by atoms with E-state index in [2.05, 4.69) is 50.7 Å². The summed E-state index contributed by atoms with van der Waals surface area (Å²) in [5.74, 6) is 0.543. The number of thioether (sulfide) groups is 1. The molecule has 0 aliphatic heterocycles. The maximum atomic E-state index is 10.1. The third-order valence-corrected chi connectivity index (χ3v) is 5.95. The summed E-state index contributed by atoms with van der Waals surface area (Å²) >= 11 is 1.56. The molecule has 2 unspecified atom stereocenters. The number of rotatable bonds is 7.